The number of anilines is 1. The minimum atomic E-state index is -0.976. The van der Waals surface area contributed by atoms with Crippen molar-refractivity contribution in [2.24, 2.45) is 11.3 Å². The normalized spacial score (nSPS) is 13.8. The molecular formula is C26H35N5O7. The molecule has 1 aromatic carbocycles. The van der Waals surface area contributed by atoms with Crippen LogP contribution in [0.3, 0.4) is 0 Å². The van der Waals surface area contributed by atoms with E-state index in [2.05, 4.69) is 21.3 Å². The van der Waals surface area contributed by atoms with Gasteiger partial charge in [-0.2, -0.15) is 0 Å². The van der Waals surface area contributed by atoms with Crippen LogP contribution < -0.4 is 21.3 Å². The second kappa shape index (κ2) is 13.4. The zero-order chi connectivity index (χ0) is 28.5. The summed E-state index contributed by atoms with van der Waals surface area (Å²) in [4.78, 5) is 73.0. The number of hydrogen-bond acceptors (Lipinski definition) is 7. The van der Waals surface area contributed by atoms with Gasteiger partial charge in [0.2, 0.25) is 17.7 Å². The van der Waals surface area contributed by atoms with Gasteiger partial charge in [-0.15, -0.1) is 0 Å². The van der Waals surface area contributed by atoms with Gasteiger partial charge in [-0.3, -0.25) is 28.9 Å². The summed E-state index contributed by atoms with van der Waals surface area (Å²) in [5.74, 6) is -3.28. The molecule has 1 atom stereocenters. The monoisotopic (exact) mass is 529 g/mol. The molecule has 0 bridgehead atoms. The van der Waals surface area contributed by atoms with Crippen LogP contribution in [0, 0.1) is 11.3 Å². The molecule has 12 heteroatoms. The van der Waals surface area contributed by atoms with Crippen molar-refractivity contribution in [3.63, 3.8) is 0 Å². The molecule has 0 spiro atoms. The van der Waals surface area contributed by atoms with Crippen molar-refractivity contribution in [3.05, 3.63) is 42.0 Å². The lowest BCUT2D eigenvalue weighted by molar-refractivity contribution is -0.141. The van der Waals surface area contributed by atoms with Crippen LogP contribution in [0.25, 0.3) is 0 Å². The fraction of sp³-hybridized carbons (Fsp3) is 0.462. The third-order valence-corrected chi connectivity index (χ3v) is 5.26. The highest BCUT2D eigenvalue weighted by atomic mass is 16.5. The van der Waals surface area contributed by atoms with Gasteiger partial charge in [0.25, 0.3) is 11.8 Å². The topological polar surface area (TPSA) is 163 Å². The van der Waals surface area contributed by atoms with Gasteiger partial charge in [0.15, 0.2) is 0 Å². The van der Waals surface area contributed by atoms with Gasteiger partial charge < -0.3 is 26.0 Å². The van der Waals surface area contributed by atoms with Crippen molar-refractivity contribution in [1.29, 1.82) is 0 Å². The Labute approximate surface area is 221 Å². The second-order valence-corrected chi connectivity index (χ2v) is 10.3. The number of rotatable bonds is 11. The number of nitrogens with one attached hydrogen (secondary N) is 4. The molecule has 4 N–H and O–H groups in total. The second-order valence-electron chi connectivity index (χ2n) is 10.3. The van der Waals surface area contributed by atoms with E-state index in [0.29, 0.717) is 12.2 Å². The Morgan fingerprint density at radius 1 is 0.921 bits per heavy atom. The number of hydrogen-bond donors (Lipinski definition) is 4. The van der Waals surface area contributed by atoms with Gasteiger partial charge in [-0.1, -0.05) is 46.8 Å². The van der Waals surface area contributed by atoms with E-state index in [1.165, 1.54) is 0 Å². The molecule has 2 rings (SSSR count). The zero-order valence-electron chi connectivity index (χ0n) is 22.3. The van der Waals surface area contributed by atoms with Crippen molar-refractivity contribution in [3.8, 4) is 0 Å². The molecule has 0 saturated carbocycles. The number of alkyl carbamates (subject to hydrolysis) is 1. The van der Waals surface area contributed by atoms with Gasteiger partial charge in [-0.25, -0.2) is 4.79 Å². The van der Waals surface area contributed by atoms with Gasteiger partial charge in [0.1, 0.15) is 19.2 Å². The van der Waals surface area contributed by atoms with Gasteiger partial charge in [-0.05, 0) is 29.0 Å². The van der Waals surface area contributed by atoms with Crippen LogP contribution >= 0.6 is 0 Å². The van der Waals surface area contributed by atoms with Crippen molar-refractivity contribution >= 4 is 41.3 Å². The van der Waals surface area contributed by atoms with Gasteiger partial charge in [0, 0.05) is 24.4 Å². The minimum Gasteiger partial charge on any atom is -0.445 e. The first kappa shape index (κ1) is 30.0. The summed E-state index contributed by atoms with van der Waals surface area (Å²) in [6.45, 7) is 9.09. The zero-order valence-corrected chi connectivity index (χ0v) is 22.3. The third-order valence-electron chi connectivity index (χ3n) is 5.26. The standard InChI is InChI=1S/C26H35N5O7/c1-16(2)23(30-20(33)13-31-21(34)10-11-22(31)35)24(36)27-12-19(32)29-18-8-6-17(7-9-18)14-38-25(37)28-15-26(3,4)5/h6-11,16,23H,12-15H2,1-5H3,(H,27,36)(H,28,37)(H,29,32)(H,30,33)/t23-/m0/s1. The Hall–Kier alpha value is -4.22. The molecular weight excluding hydrogens is 494 g/mol. The van der Waals surface area contributed by atoms with E-state index in [4.69, 9.17) is 4.74 Å². The Kier molecular flexibility index (Phi) is 10.5. The molecule has 12 nitrogen and oxygen atoms in total. The first-order chi connectivity index (χ1) is 17.7. The van der Waals surface area contributed by atoms with Crippen molar-refractivity contribution in [2.75, 3.05) is 25.0 Å². The third kappa shape index (κ3) is 10.0. The van der Waals surface area contributed by atoms with E-state index in [-0.39, 0.29) is 24.5 Å². The Morgan fingerprint density at radius 3 is 2.08 bits per heavy atom. The Balaban J connectivity index is 1.78. The van der Waals surface area contributed by atoms with E-state index < -0.39 is 48.2 Å². The largest absolute Gasteiger partial charge is 0.445 e. The van der Waals surface area contributed by atoms with E-state index in [9.17, 15) is 28.8 Å². The van der Waals surface area contributed by atoms with Crippen LogP contribution in [0.1, 0.15) is 40.2 Å². The van der Waals surface area contributed by atoms with Crippen LogP contribution in [0.2, 0.25) is 0 Å². The molecule has 0 aliphatic carbocycles. The first-order valence-corrected chi connectivity index (χ1v) is 12.1. The summed E-state index contributed by atoms with van der Waals surface area (Å²) in [5, 5.41) is 10.3. The van der Waals surface area contributed by atoms with E-state index >= 15 is 0 Å². The van der Waals surface area contributed by atoms with Crippen LogP contribution in [0.15, 0.2) is 36.4 Å². The number of amides is 6. The molecule has 1 aromatic rings. The fourth-order valence-electron chi connectivity index (χ4n) is 3.19. The van der Waals surface area contributed by atoms with E-state index in [1.807, 2.05) is 20.8 Å². The molecule has 0 aromatic heterocycles. The molecule has 0 fully saturated rings. The lowest BCUT2D eigenvalue weighted by atomic mass is 9.97. The summed E-state index contributed by atoms with van der Waals surface area (Å²) < 4.78 is 5.17. The van der Waals surface area contributed by atoms with Crippen LogP contribution in [-0.4, -0.2) is 66.2 Å². The van der Waals surface area contributed by atoms with E-state index in [1.54, 1.807) is 38.1 Å². The summed E-state index contributed by atoms with van der Waals surface area (Å²) in [7, 11) is 0. The first-order valence-electron chi connectivity index (χ1n) is 12.1. The smallest absolute Gasteiger partial charge is 0.407 e. The Morgan fingerprint density at radius 2 is 1.53 bits per heavy atom. The highest BCUT2D eigenvalue weighted by Crippen LogP contribution is 2.12. The lowest BCUT2D eigenvalue weighted by Gasteiger charge is -2.23. The molecule has 38 heavy (non-hydrogen) atoms. The fourth-order valence-corrected chi connectivity index (χ4v) is 3.19. The highest BCUT2D eigenvalue weighted by Gasteiger charge is 2.29. The maximum atomic E-state index is 12.6. The van der Waals surface area contributed by atoms with Crippen molar-refractivity contribution in [2.45, 2.75) is 47.3 Å². The van der Waals surface area contributed by atoms with Crippen LogP contribution in [0.4, 0.5) is 10.5 Å². The maximum Gasteiger partial charge on any atom is 0.407 e. The number of carbonyl (C=O) groups is 6. The average Bonchev–Trinajstić information content (AvgIpc) is 3.15. The predicted octanol–water partition coefficient (Wildman–Crippen LogP) is 1.08. The average molecular weight is 530 g/mol. The minimum absolute atomic E-state index is 0.0590. The quantitative estimate of drug-likeness (QED) is 0.312. The highest BCUT2D eigenvalue weighted by molar-refractivity contribution is 6.14. The van der Waals surface area contributed by atoms with Gasteiger partial charge >= 0.3 is 6.09 Å². The van der Waals surface area contributed by atoms with Gasteiger partial charge in [0.05, 0.1) is 6.54 Å². The molecule has 0 radical (unpaired) electrons. The molecule has 0 saturated heterocycles. The molecule has 6 amide bonds. The van der Waals surface area contributed by atoms with Crippen molar-refractivity contribution < 1.29 is 33.5 Å². The molecule has 1 heterocycles. The number of ether oxygens (including phenoxy) is 1. The molecule has 206 valence electrons. The molecule has 0 unspecified atom stereocenters. The lowest BCUT2D eigenvalue weighted by Crippen LogP contribution is -2.53. The number of carbonyl (C=O) groups excluding carboxylic acids is 6. The number of benzene rings is 1. The van der Waals surface area contributed by atoms with Crippen LogP contribution in [-0.2, 0) is 35.3 Å². The predicted molar refractivity (Wildman–Crippen MR) is 138 cm³/mol. The Bertz CT molecular complexity index is 1070. The summed E-state index contributed by atoms with van der Waals surface area (Å²) in [5.41, 5.74) is 1.15. The van der Waals surface area contributed by atoms with Crippen molar-refractivity contribution in [1.82, 2.24) is 20.9 Å². The molecule has 1 aliphatic rings. The number of nitrogens with zero attached hydrogens (tertiary/aromatic N) is 1. The van der Waals surface area contributed by atoms with E-state index in [0.717, 1.165) is 22.6 Å². The van der Waals surface area contributed by atoms with Crippen LogP contribution in [0.5, 0.6) is 0 Å². The summed E-state index contributed by atoms with van der Waals surface area (Å²) in [6.07, 6.45) is 1.62. The summed E-state index contributed by atoms with van der Waals surface area (Å²) in [6, 6.07) is 5.69. The SMILES string of the molecule is CC(C)[C@H](NC(=O)CN1C(=O)C=CC1=O)C(=O)NCC(=O)Nc1ccc(COC(=O)NCC(C)(C)C)cc1. The maximum absolute atomic E-state index is 12.6. The summed E-state index contributed by atoms with van der Waals surface area (Å²) >= 11 is 0. The molecule has 1 aliphatic heterocycles. The number of imide groups is 1.